The molecule has 0 aliphatic heterocycles. The van der Waals surface area contributed by atoms with Gasteiger partial charge in [0, 0.05) is 10.6 Å². The molecule has 0 fully saturated rings. The van der Waals surface area contributed by atoms with Gasteiger partial charge in [0.05, 0.1) is 5.69 Å². The van der Waals surface area contributed by atoms with Crippen LogP contribution in [0.4, 0.5) is 5.82 Å². The van der Waals surface area contributed by atoms with Crippen LogP contribution in [-0.4, -0.2) is 15.6 Å². The Bertz CT molecular complexity index is 1220. The lowest BCUT2D eigenvalue weighted by Crippen LogP contribution is -2.05. The number of hydrogen-bond donors (Lipinski definition) is 1. The van der Waals surface area contributed by atoms with Crippen molar-refractivity contribution < 1.29 is 4.79 Å². The summed E-state index contributed by atoms with van der Waals surface area (Å²) in [5.74, 6) is -0.250. The highest BCUT2D eigenvalue weighted by Gasteiger charge is 2.23. The van der Waals surface area contributed by atoms with Crippen molar-refractivity contribution in [1.29, 1.82) is 5.26 Å². The van der Waals surface area contributed by atoms with Crippen LogP contribution in [0.5, 0.6) is 0 Å². The van der Waals surface area contributed by atoms with Crippen molar-refractivity contribution in [3.05, 3.63) is 101 Å². The molecular formula is C23H15ClN4O. The molecule has 29 heavy (non-hydrogen) atoms. The molecule has 1 aromatic heterocycles. The van der Waals surface area contributed by atoms with Crippen molar-refractivity contribution in [3.8, 4) is 22.9 Å². The van der Waals surface area contributed by atoms with Crippen LogP contribution in [-0.2, 0) is 0 Å². The zero-order chi connectivity index (χ0) is 20.4. The summed E-state index contributed by atoms with van der Waals surface area (Å²) < 4.78 is 1.38. The van der Waals surface area contributed by atoms with E-state index in [1.165, 1.54) is 4.68 Å². The average Bonchev–Trinajstić information content (AvgIpc) is 3.10. The van der Waals surface area contributed by atoms with Crippen molar-refractivity contribution in [1.82, 2.24) is 9.78 Å². The fourth-order valence-electron chi connectivity index (χ4n) is 3.06. The highest BCUT2D eigenvalue weighted by atomic mass is 35.5. The van der Waals surface area contributed by atoms with Crippen LogP contribution in [0.3, 0.4) is 0 Å². The van der Waals surface area contributed by atoms with E-state index < -0.39 is 0 Å². The Labute approximate surface area is 172 Å². The lowest BCUT2D eigenvalue weighted by molar-refractivity contribution is 0.103. The molecule has 6 heteroatoms. The topological polar surface area (TPSA) is 84.7 Å². The summed E-state index contributed by atoms with van der Waals surface area (Å²) in [5.41, 5.74) is 9.26. The van der Waals surface area contributed by atoms with Gasteiger partial charge in [0.2, 0.25) is 5.78 Å². The number of ketones is 1. The predicted molar refractivity (Wildman–Crippen MR) is 113 cm³/mol. The Balaban J connectivity index is 1.71. The average molecular weight is 399 g/mol. The Morgan fingerprint density at radius 1 is 0.931 bits per heavy atom. The van der Waals surface area contributed by atoms with Crippen molar-refractivity contribution in [3.63, 3.8) is 0 Å². The maximum absolute atomic E-state index is 13.0. The molecule has 0 saturated heterocycles. The van der Waals surface area contributed by atoms with Crippen LogP contribution < -0.4 is 5.73 Å². The number of nitriles is 1. The van der Waals surface area contributed by atoms with Crippen LogP contribution in [0.1, 0.15) is 21.6 Å². The van der Waals surface area contributed by atoms with E-state index in [4.69, 9.17) is 17.3 Å². The first-order valence-electron chi connectivity index (χ1n) is 8.83. The normalized spacial score (nSPS) is 10.5. The van der Waals surface area contributed by atoms with E-state index in [0.29, 0.717) is 16.3 Å². The SMILES string of the molecule is N#Cc1c(C(=O)c2ccc(-c3ccccc3)cc2)nn(-c2ccc(Cl)cc2)c1N. The Kier molecular flexibility index (Phi) is 4.86. The largest absolute Gasteiger partial charge is 0.382 e. The molecule has 0 aliphatic rings. The third-order valence-corrected chi connectivity index (χ3v) is 4.83. The maximum atomic E-state index is 13.0. The van der Waals surface area contributed by atoms with Crippen LogP contribution in [0, 0.1) is 11.3 Å². The number of nitrogens with zero attached hydrogens (tertiary/aromatic N) is 3. The lowest BCUT2D eigenvalue weighted by atomic mass is 10.0. The molecule has 0 saturated carbocycles. The summed E-state index contributed by atoms with van der Waals surface area (Å²) in [7, 11) is 0. The molecule has 0 unspecified atom stereocenters. The molecule has 0 aliphatic carbocycles. The summed E-state index contributed by atoms with van der Waals surface area (Å²) in [6.07, 6.45) is 0. The van der Waals surface area contributed by atoms with Crippen LogP contribution >= 0.6 is 11.6 Å². The standard InChI is InChI=1S/C23H15ClN4O/c24-18-10-12-19(13-11-18)28-23(26)20(14-25)21(27-28)22(29)17-8-6-16(7-9-17)15-4-2-1-3-5-15/h1-13H,26H2. The molecule has 1 heterocycles. The number of benzene rings is 3. The number of anilines is 1. The quantitative estimate of drug-likeness (QED) is 0.496. The first-order chi connectivity index (χ1) is 14.1. The molecular weight excluding hydrogens is 384 g/mol. The minimum absolute atomic E-state index is 0.0208. The predicted octanol–water partition coefficient (Wildman–Crippen LogP) is 4.88. The third-order valence-electron chi connectivity index (χ3n) is 4.57. The van der Waals surface area contributed by atoms with Crippen LogP contribution in [0.15, 0.2) is 78.9 Å². The van der Waals surface area contributed by atoms with E-state index in [9.17, 15) is 10.1 Å². The molecule has 0 radical (unpaired) electrons. The van der Waals surface area contributed by atoms with Gasteiger partial charge < -0.3 is 5.73 Å². The van der Waals surface area contributed by atoms with Crippen molar-refractivity contribution in [2.24, 2.45) is 0 Å². The molecule has 0 spiro atoms. The van der Waals surface area contributed by atoms with Gasteiger partial charge in [-0.25, -0.2) is 4.68 Å². The zero-order valence-electron chi connectivity index (χ0n) is 15.2. The number of carbonyl (C=O) groups is 1. The van der Waals surface area contributed by atoms with E-state index in [2.05, 4.69) is 5.10 Å². The Morgan fingerprint density at radius 2 is 1.55 bits per heavy atom. The second kappa shape index (κ2) is 7.63. The number of aromatic nitrogens is 2. The van der Waals surface area contributed by atoms with E-state index in [1.807, 2.05) is 48.5 Å². The van der Waals surface area contributed by atoms with Gasteiger partial charge in [-0.1, -0.05) is 66.2 Å². The summed E-state index contributed by atoms with van der Waals surface area (Å²) in [4.78, 5) is 13.0. The van der Waals surface area contributed by atoms with Gasteiger partial charge in [-0.15, -0.1) is 0 Å². The first-order valence-corrected chi connectivity index (χ1v) is 9.21. The minimum atomic E-state index is -0.361. The Hall–Kier alpha value is -3.88. The third kappa shape index (κ3) is 3.49. The first kappa shape index (κ1) is 18.5. The lowest BCUT2D eigenvalue weighted by Gasteiger charge is -2.04. The van der Waals surface area contributed by atoms with Crippen molar-refractivity contribution in [2.75, 3.05) is 5.73 Å². The molecule has 0 atom stereocenters. The highest BCUT2D eigenvalue weighted by molar-refractivity contribution is 6.30. The second-order valence-corrected chi connectivity index (χ2v) is 6.82. The number of rotatable bonds is 4. The van der Waals surface area contributed by atoms with E-state index >= 15 is 0 Å². The second-order valence-electron chi connectivity index (χ2n) is 6.38. The molecule has 0 bridgehead atoms. The number of halogens is 1. The van der Waals surface area contributed by atoms with Gasteiger partial charge in [0.25, 0.3) is 0 Å². The van der Waals surface area contributed by atoms with Gasteiger partial charge in [-0.3, -0.25) is 4.79 Å². The monoisotopic (exact) mass is 398 g/mol. The minimum Gasteiger partial charge on any atom is -0.382 e. The fourth-order valence-corrected chi connectivity index (χ4v) is 3.19. The molecule has 3 aromatic carbocycles. The number of nitrogens with two attached hydrogens (primary N) is 1. The maximum Gasteiger partial charge on any atom is 0.214 e. The molecule has 0 amide bonds. The number of hydrogen-bond acceptors (Lipinski definition) is 4. The molecule has 4 aromatic rings. The van der Waals surface area contributed by atoms with Gasteiger partial charge in [0.1, 0.15) is 17.5 Å². The molecule has 140 valence electrons. The molecule has 2 N–H and O–H groups in total. The number of nitrogen functional groups attached to an aromatic ring is 1. The van der Waals surface area contributed by atoms with Gasteiger partial charge in [-0.05, 0) is 35.4 Å². The summed E-state index contributed by atoms with van der Waals surface area (Å²) in [5, 5.41) is 14.4. The van der Waals surface area contributed by atoms with Gasteiger partial charge in [-0.2, -0.15) is 10.4 Å². The van der Waals surface area contributed by atoms with E-state index in [0.717, 1.165) is 11.1 Å². The molecule has 4 rings (SSSR count). The van der Waals surface area contributed by atoms with Crippen molar-refractivity contribution in [2.45, 2.75) is 0 Å². The summed E-state index contributed by atoms with van der Waals surface area (Å²) in [6.45, 7) is 0. The fraction of sp³-hybridized carbons (Fsp3) is 0. The summed E-state index contributed by atoms with van der Waals surface area (Å²) >= 11 is 5.92. The van der Waals surface area contributed by atoms with Crippen molar-refractivity contribution >= 4 is 23.2 Å². The smallest absolute Gasteiger partial charge is 0.214 e. The Morgan fingerprint density at radius 3 is 2.17 bits per heavy atom. The zero-order valence-corrected chi connectivity index (χ0v) is 16.0. The van der Waals surface area contributed by atoms with Gasteiger partial charge in [0.15, 0.2) is 5.69 Å². The van der Waals surface area contributed by atoms with Crippen LogP contribution in [0.2, 0.25) is 5.02 Å². The van der Waals surface area contributed by atoms with E-state index in [-0.39, 0.29) is 22.9 Å². The molecule has 5 nitrogen and oxygen atoms in total. The number of carbonyl (C=O) groups excluding carboxylic acids is 1. The van der Waals surface area contributed by atoms with Crippen LogP contribution in [0.25, 0.3) is 16.8 Å². The van der Waals surface area contributed by atoms with Gasteiger partial charge >= 0.3 is 0 Å². The highest BCUT2D eigenvalue weighted by Crippen LogP contribution is 2.25. The summed E-state index contributed by atoms with van der Waals surface area (Å²) in [6, 6.07) is 25.9. The van der Waals surface area contributed by atoms with E-state index in [1.54, 1.807) is 36.4 Å².